The van der Waals surface area contributed by atoms with E-state index >= 15 is 0 Å². The highest BCUT2D eigenvalue weighted by Gasteiger charge is 2.18. The van der Waals surface area contributed by atoms with Crippen molar-refractivity contribution in [2.24, 2.45) is 7.05 Å². The number of aliphatic carboxylic acids is 1. The van der Waals surface area contributed by atoms with Gasteiger partial charge in [-0.1, -0.05) is 26.8 Å². The molecular formula is C17H23NO2. The lowest BCUT2D eigenvalue weighted by atomic mass is 9.86. The van der Waals surface area contributed by atoms with Crippen LogP contribution in [0.4, 0.5) is 0 Å². The molecule has 0 spiro atoms. The van der Waals surface area contributed by atoms with Gasteiger partial charge in [0.05, 0.1) is 0 Å². The summed E-state index contributed by atoms with van der Waals surface area (Å²) in [4.78, 5) is 10.8. The van der Waals surface area contributed by atoms with Crippen molar-refractivity contribution in [1.82, 2.24) is 4.57 Å². The van der Waals surface area contributed by atoms with Gasteiger partial charge in [0.15, 0.2) is 0 Å². The van der Waals surface area contributed by atoms with Crippen LogP contribution in [-0.4, -0.2) is 15.6 Å². The topological polar surface area (TPSA) is 42.2 Å². The largest absolute Gasteiger partial charge is 0.481 e. The van der Waals surface area contributed by atoms with Gasteiger partial charge in [0, 0.05) is 30.1 Å². The number of aromatic nitrogens is 1. The maximum absolute atomic E-state index is 10.8. The molecule has 0 fully saturated rings. The standard InChI is InChI=1S/C17H23NO2/c1-11-13(7-9-16(19)20)14-10-12(17(2,3)4)6-8-15(14)18(11)5/h6,8,10H,7,9H2,1-5H3,(H,19,20). The molecule has 0 saturated carbocycles. The van der Waals surface area contributed by atoms with E-state index in [9.17, 15) is 4.79 Å². The van der Waals surface area contributed by atoms with Crippen molar-refractivity contribution >= 4 is 16.9 Å². The van der Waals surface area contributed by atoms with Gasteiger partial charge >= 0.3 is 5.97 Å². The van der Waals surface area contributed by atoms with Crippen molar-refractivity contribution in [2.75, 3.05) is 0 Å². The number of carboxylic acids is 1. The first kappa shape index (κ1) is 14.6. The third-order valence-corrected chi connectivity index (χ3v) is 4.08. The van der Waals surface area contributed by atoms with Crippen molar-refractivity contribution in [3.63, 3.8) is 0 Å². The lowest BCUT2D eigenvalue weighted by molar-refractivity contribution is -0.136. The highest BCUT2D eigenvalue weighted by molar-refractivity contribution is 5.87. The zero-order valence-electron chi connectivity index (χ0n) is 12.9. The fourth-order valence-electron chi connectivity index (χ4n) is 2.66. The van der Waals surface area contributed by atoms with Crippen LogP contribution in [0.25, 0.3) is 10.9 Å². The summed E-state index contributed by atoms with van der Waals surface area (Å²) < 4.78 is 2.15. The molecule has 2 aromatic rings. The van der Waals surface area contributed by atoms with Gasteiger partial charge in [-0.3, -0.25) is 4.79 Å². The summed E-state index contributed by atoms with van der Waals surface area (Å²) in [6.45, 7) is 8.65. The summed E-state index contributed by atoms with van der Waals surface area (Å²) >= 11 is 0. The minimum atomic E-state index is -0.742. The van der Waals surface area contributed by atoms with Crippen molar-refractivity contribution in [3.05, 3.63) is 35.0 Å². The number of aryl methyl sites for hydroxylation is 2. The van der Waals surface area contributed by atoms with Crippen LogP contribution in [0.2, 0.25) is 0 Å². The molecule has 0 unspecified atom stereocenters. The van der Waals surface area contributed by atoms with Crippen LogP contribution in [0.15, 0.2) is 18.2 Å². The van der Waals surface area contributed by atoms with Crippen LogP contribution in [0.5, 0.6) is 0 Å². The summed E-state index contributed by atoms with van der Waals surface area (Å²) in [7, 11) is 2.04. The lowest BCUT2D eigenvalue weighted by Gasteiger charge is -2.19. The molecule has 108 valence electrons. The van der Waals surface area contributed by atoms with E-state index in [-0.39, 0.29) is 11.8 Å². The molecule has 0 aliphatic heterocycles. The van der Waals surface area contributed by atoms with E-state index in [1.54, 1.807) is 0 Å². The zero-order chi connectivity index (χ0) is 15.1. The van der Waals surface area contributed by atoms with Gasteiger partial charge in [0.25, 0.3) is 0 Å². The molecular weight excluding hydrogens is 250 g/mol. The number of fused-ring (bicyclic) bond motifs is 1. The number of hydrogen-bond donors (Lipinski definition) is 1. The molecule has 2 rings (SSSR count). The van der Waals surface area contributed by atoms with Gasteiger partial charge in [0.1, 0.15) is 0 Å². The molecule has 1 heterocycles. The van der Waals surface area contributed by atoms with E-state index in [1.807, 2.05) is 7.05 Å². The summed E-state index contributed by atoms with van der Waals surface area (Å²) in [5.41, 5.74) is 4.88. The second-order valence-corrected chi connectivity index (χ2v) is 6.50. The van der Waals surface area contributed by atoms with E-state index in [4.69, 9.17) is 5.11 Å². The summed E-state index contributed by atoms with van der Waals surface area (Å²) in [5, 5.41) is 10.1. The van der Waals surface area contributed by atoms with Crippen LogP contribution in [-0.2, 0) is 23.7 Å². The van der Waals surface area contributed by atoms with Gasteiger partial charge in [-0.2, -0.15) is 0 Å². The van der Waals surface area contributed by atoms with Gasteiger partial charge < -0.3 is 9.67 Å². The second kappa shape index (κ2) is 4.97. The Labute approximate surface area is 120 Å². The summed E-state index contributed by atoms with van der Waals surface area (Å²) in [6, 6.07) is 6.54. The predicted molar refractivity (Wildman–Crippen MR) is 82.3 cm³/mol. The maximum atomic E-state index is 10.8. The Kier molecular flexibility index (Phi) is 3.63. The minimum Gasteiger partial charge on any atom is -0.481 e. The molecule has 0 atom stereocenters. The Morgan fingerprint density at radius 3 is 2.50 bits per heavy atom. The van der Waals surface area contributed by atoms with Crippen molar-refractivity contribution in [2.45, 2.75) is 46.0 Å². The molecule has 0 saturated heterocycles. The number of carboxylic acid groups (broad SMARTS) is 1. The van der Waals surface area contributed by atoms with Gasteiger partial charge in [-0.05, 0) is 42.0 Å². The molecule has 3 heteroatoms. The van der Waals surface area contributed by atoms with Crippen LogP contribution >= 0.6 is 0 Å². The summed E-state index contributed by atoms with van der Waals surface area (Å²) in [6.07, 6.45) is 0.770. The first-order valence-electron chi connectivity index (χ1n) is 7.02. The first-order valence-corrected chi connectivity index (χ1v) is 7.02. The van der Waals surface area contributed by atoms with E-state index in [2.05, 4.69) is 50.5 Å². The number of carbonyl (C=O) groups is 1. The average Bonchev–Trinajstić information content (AvgIpc) is 2.58. The highest BCUT2D eigenvalue weighted by atomic mass is 16.4. The van der Waals surface area contributed by atoms with E-state index < -0.39 is 5.97 Å². The van der Waals surface area contributed by atoms with Crippen molar-refractivity contribution < 1.29 is 9.90 Å². The number of rotatable bonds is 3. The molecule has 0 aliphatic carbocycles. The molecule has 3 nitrogen and oxygen atoms in total. The highest BCUT2D eigenvalue weighted by Crippen LogP contribution is 2.31. The Hall–Kier alpha value is -1.77. The molecule has 1 N–H and O–H groups in total. The third kappa shape index (κ3) is 2.58. The number of nitrogens with zero attached hydrogens (tertiary/aromatic N) is 1. The smallest absolute Gasteiger partial charge is 0.303 e. The van der Waals surface area contributed by atoms with E-state index in [0.717, 1.165) is 11.3 Å². The van der Waals surface area contributed by atoms with Crippen LogP contribution in [0, 0.1) is 6.92 Å². The van der Waals surface area contributed by atoms with Crippen molar-refractivity contribution in [3.8, 4) is 0 Å². The molecule has 1 aromatic heterocycles. The molecule has 1 aromatic carbocycles. The Morgan fingerprint density at radius 2 is 1.95 bits per heavy atom. The molecule has 0 amide bonds. The first-order chi connectivity index (χ1) is 9.21. The molecule has 0 bridgehead atoms. The lowest BCUT2D eigenvalue weighted by Crippen LogP contribution is -2.10. The van der Waals surface area contributed by atoms with E-state index in [1.165, 1.54) is 16.5 Å². The fourth-order valence-corrected chi connectivity index (χ4v) is 2.66. The third-order valence-electron chi connectivity index (χ3n) is 4.08. The molecule has 20 heavy (non-hydrogen) atoms. The van der Waals surface area contributed by atoms with Crippen LogP contribution in [0.1, 0.15) is 44.0 Å². The Bertz CT molecular complexity index is 660. The number of hydrogen-bond acceptors (Lipinski definition) is 1. The summed E-state index contributed by atoms with van der Waals surface area (Å²) in [5.74, 6) is -0.742. The zero-order valence-corrected chi connectivity index (χ0v) is 12.9. The van der Waals surface area contributed by atoms with E-state index in [0.29, 0.717) is 6.42 Å². The predicted octanol–water partition coefficient (Wildman–Crippen LogP) is 3.80. The minimum absolute atomic E-state index is 0.0992. The van der Waals surface area contributed by atoms with Gasteiger partial charge in [-0.25, -0.2) is 0 Å². The molecule has 0 aliphatic rings. The SMILES string of the molecule is Cc1c(CCC(=O)O)c2cc(C(C)(C)C)ccc2n1C. The quantitative estimate of drug-likeness (QED) is 0.924. The fraction of sp³-hybridized carbons (Fsp3) is 0.471. The normalized spacial score (nSPS) is 12.1. The molecule has 0 radical (unpaired) electrons. The monoisotopic (exact) mass is 273 g/mol. The number of benzene rings is 1. The van der Waals surface area contributed by atoms with Crippen LogP contribution in [0.3, 0.4) is 0 Å². The van der Waals surface area contributed by atoms with Crippen LogP contribution < -0.4 is 0 Å². The van der Waals surface area contributed by atoms with Gasteiger partial charge in [0.2, 0.25) is 0 Å². The Morgan fingerprint density at radius 1 is 1.30 bits per heavy atom. The second-order valence-electron chi connectivity index (χ2n) is 6.50. The van der Waals surface area contributed by atoms with Crippen molar-refractivity contribution in [1.29, 1.82) is 0 Å². The van der Waals surface area contributed by atoms with Gasteiger partial charge in [-0.15, -0.1) is 0 Å². The maximum Gasteiger partial charge on any atom is 0.303 e. The average molecular weight is 273 g/mol. The Balaban J connectivity index is 2.60.